The summed E-state index contributed by atoms with van der Waals surface area (Å²) in [5.41, 5.74) is 6.36. The molecule has 0 aromatic heterocycles. The molecule has 3 nitrogen and oxygen atoms in total. The second-order valence-corrected chi connectivity index (χ2v) is 5.33. The van der Waals surface area contributed by atoms with Gasteiger partial charge in [-0.2, -0.15) is 0 Å². The minimum absolute atomic E-state index is 0.0324. The SMILES string of the molecule is Nc1cc(F)c(Cl)cc1N1CC(Br)CC1=O. The van der Waals surface area contributed by atoms with Crippen LogP contribution in [0.15, 0.2) is 12.1 Å². The van der Waals surface area contributed by atoms with Crippen LogP contribution < -0.4 is 10.6 Å². The van der Waals surface area contributed by atoms with Gasteiger partial charge in [-0.05, 0) is 6.07 Å². The quantitative estimate of drug-likeness (QED) is 0.640. The van der Waals surface area contributed by atoms with Gasteiger partial charge in [0.2, 0.25) is 5.91 Å². The average Bonchev–Trinajstić information content (AvgIpc) is 2.51. The highest BCUT2D eigenvalue weighted by Crippen LogP contribution is 2.33. The Morgan fingerprint density at radius 2 is 2.25 bits per heavy atom. The fourth-order valence-electron chi connectivity index (χ4n) is 1.68. The number of hydrogen-bond acceptors (Lipinski definition) is 2. The van der Waals surface area contributed by atoms with Crippen LogP contribution in [0.25, 0.3) is 0 Å². The zero-order valence-electron chi connectivity index (χ0n) is 8.21. The number of nitrogens with two attached hydrogens (primary N) is 1. The van der Waals surface area contributed by atoms with Gasteiger partial charge in [0.1, 0.15) is 5.82 Å². The molecular weight excluding hydrogens is 298 g/mol. The number of alkyl halides is 1. The Bertz CT molecular complexity index is 455. The van der Waals surface area contributed by atoms with Crippen LogP contribution in [0.1, 0.15) is 6.42 Å². The maximum absolute atomic E-state index is 13.1. The maximum Gasteiger partial charge on any atom is 0.228 e. The van der Waals surface area contributed by atoms with Gasteiger partial charge in [0.05, 0.1) is 16.4 Å². The molecule has 6 heteroatoms. The summed E-state index contributed by atoms with van der Waals surface area (Å²) in [6.45, 7) is 0.519. The van der Waals surface area contributed by atoms with E-state index in [1.807, 2.05) is 0 Å². The van der Waals surface area contributed by atoms with Gasteiger partial charge in [-0.3, -0.25) is 4.79 Å². The fraction of sp³-hybridized carbons (Fsp3) is 0.300. The minimum atomic E-state index is -0.579. The van der Waals surface area contributed by atoms with E-state index >= 15 is 0 Å². The molecular formula is C10H9BrClFN2O. The lowest BCUT2D eigenvalue weighted by atomic mass is 10.2. The number of anilines is 2. The number of carbonyl (C=O) groups is 1. The Balaban J connectivity index is 2.41. The van der Waals surface area contributed by atoms with Crippen molar-refractivity contribution in [3.8, 4) is 0 Å². The zero-order valence-corrected chi connectivity index (χ0v) is 10.6. The molecule has 1 aliphatic rings. The molecule has 0 aliphatic carbocycles. The van der Waals surface area contributed by atoms with E-state index in [1.54, 1.807) is 0 Å². The van der Waals surface area contributed by atoms with Gasteiger partial charge in [-0.1, -0.05) is 27.5 Å². The van der Waals surface area contributed by atoms with Crippen molar-refractivity contribution in [1.82, 2.24) is 0 Å². The van der Waals surface area contributed by atoms with Crippen LogP contribution in [0.4, 0.5) is 15.8 Å². The Kier molecular flexibility index (Phi) is 3.08. The van der Waals surface area contributed by atoms with Crippen LogP contribution in [0.2, 0.25) is 5.02 Å². The first-order valence-electron chi connectivity index (χ1n) is 4.68. The number of carbonyl (C=O) groups excluding carboxylic acids is 1. The van der Waals surface area contributed by atoms with Crippen molar-refractivity contribution in [3.05, 3.63) is 23.0 Å². The third-order valence-corrected chi connectivity index (χ3v) is 3.34. The van der Waals surface area contributed by atoms with Crippen LogP contribution in [0, 0.1) is 5.82 Å². The summed E-state index contributed by atoms with van der Waals surface area (Å²) in [7, 11) is 0. The van der Waals surface area contributed by atoms with Gasteiger partial charge >= 0.3 is 0 Å². The molecule has 0 radical (unpaired) electrons. The van der Waals surface area contributed by atoms with E-state index < -0.39 is 5.82 Å². The highest BCUT2D eigenvalue weighted by atomic mass is 79.9. The summed E-state index contributed by atoms with van der Waals surface area (Å²) < 4.78 is 13.1. The smallest absolute Gasteiger partial charge is 0.228 e. The summed E-state index contributed by atoms with van der Waals surface area (Å²) in [6, 6.07) is 2.52. The molecule has 1 amide bonds. The molecule has 0 saturated carbocycles. The summed E-state index contributed by atoms with van der Waals surface area (Å²) in [5.74, 6) is -0.624. The number of nitrogens with zero attached hydrogens (tertiary/aromatic N) is 1. The van der Waals surface area contributed by atoms with E-state index in [1.165, 1.54) is 11.0 Å². The second kappa shape index (κ2) is 4.22. The number of hydrogen-bond donors (Lipinski definition) is 1. The van der Waals surface area contributed by atoms with Gasteiger partial charge < -0.3 is 10.6 Å². The lowest BCUT2D eigenvalue weighted by molar-refractivity contribution is -0.117. The minimum Gasteiger partial charge on any atom is -0.397 e. The molecule has 0 bridgehead atoms. The summed E-state index contributed by atoms with van der Waals surface area (Å²) in [5, 5.41) is -0.0324. The third-order valence-electron chi connectivity index (χ3n) is 2.44. The van der Waals surface area contributed by atoms with Crippen molar-refractivity contribution in [3.63, 3.8) is 0 Å². The first-order chi connectivity index (χ1) is 7.49. The lowest BCUT2D eigenvalue weighted by Gasteiger charge is -2.18. The Hall–Kier alpha value is -0.810. The molecule has 1 aromatic rings. The number of amides is 1. The number of halogens is 3. The summed E-state index contributed by atoms with van der Waals surface area (Å²) >= 11 is 9.03. The maximum atomic E-state index is 13.1. The van der Waals surface area contributed by atoms with Crippen LogP contribution in [-0.2, 0) is 4.79 Å². The van der Waals surface area contributed by atoms with Crippen LogP contribution in [0.3, 0.4) is 0 Å². The highest BCUT2D eigenvalue weighted by Gasteiger charge is 2.30. The van der Waals surface area contributed by atoms with Crippen molar-refractivity contribution < 1.29 is 9.18 Å². The predicted octanol–water partition coefficient (Wildman–Crippen LogP) is 2.56. The highest BCUT2D eigenvalue weighted by molar-refractivity contribution is 9.09. The molecule has 1 atom stereocenters. The van der Waals surface area contributed by atoms with Crippen molar-refractivity contribution in [1.29, 1.82) is 0 Å². The Morgan fingerprint density at radius 1 is 1.56 bits per heavy atom. The van der Waals surface area contributed by atoms with Crippen molar-refractivity contribution in [2.75, 3.05) is 17.2 Å². The lowest BCUT2D eigenvalue weighted by Crippen LogP contribution is -2.25. The third kappa shape index (κ3) is 2.01. The predicted molar refractivity (Wildman–Crippen MR) is 65.5 cm³/mol. The molecule has 1 aliphatic heterocycles. The average molecular weight is 308 g/mol. The summed E-state index contributed by atoms with van der Waals surface area (Å²) in [4.78, 5) is 13.3. The molecule has 16 heavy (non-hydrogen) atoms. The standard InChI is InChI=1S/C10H9BrClFN2O/c11-5-1-10(16)15(4-5)9-2-6(12)7(13)3-8(9)14/h2-3,5H,1,4,14H2. The molecule has 2 N–H and O–H groups in total. The Labute approximate surface area is 105 Å². The topological polar surface area (TPSA) is 46.3 Å². The van der Waals surface area contributed by atoms with Crippen LogP contribution in [0.5, 0.6) is 0 Å². The van der Waals surface area contributed by atoms with Crippen LogP contribution >= 0.6 is 27.5 Å². The van der Waals surface area contributed by atoms with E-state index in [0.29, 0.717) is 18.7 Å². The molecule has 86 valence electrons. The molecule has 1 fully saturated rings. The van der Waals surface area contributed by atoms with Crippen molar-refractivity contribution in [2.45, 2.75) is 11.2 Å². The van der Waals surface area contributed by atoms with Crippen molar-refractivity contribution in [2.24, 2.45) is 0 Å². The van der Waals surface area contributed by atoms with Gasteiger partial charge in [-0.15, -0.1) is 0 Å². The van der Waals surface area contributed by atoms with E-state index in [0.717, 1.165) is 6.07 Å². The van der Waals surface area contributed by atoms with Crippen molar-refractivity contribution >= 4 is 44.8 Å². The molecule has 0 spiro atoms. The first kappa shape index (κ1) is 11.7. The monoisotopic (exact) mass is 306 g/mol. The molecule has 1 heterocycles. The van der Waals surface area contributed by atoms with Crippen LogP contribution in [-0.4, -0.2) is 17.3 Å². The molecule has 1 aromatic carbocycles. The number of benzene rings is 1. The largest absolute Gasteiger partial charge is 0.397 e. The van der Waals surface area contributed by atoms with Gasteiger partial charge in [0.15, 0.2) is 0 Å². The van der Waals surface area contributed by atoms with E-state index in [2.05, 4.69) is 15.9 Å². The van der Waals surface area contributed by atoms with E-state index in [-0.39, 0.29) is 21.4 Å². The Morgan fingerprint density at radius 3 is 2.81 bits per heavy atom. The molecule has 1 saturated heterocycles. The molecule has 1 unspecified atom stereocenters. The fourth-order valence-corrected chi connectivity index (χ4v) is 2.41. The second-order valence-electron chi connectivity index (χ2n) is 3.63. The van der Waals surface area contributed by atoms with Gasteiger partial charge in [0.25, 0.3) is 0 Å². The van der Waals surface area contributed by atoms with E-state index in [9.17, 15) is 9.18 Å². The first-order valence-corrected chi connectivity index (χ1v) is 5.97. The normalized spacial score (nSPS) is 20.6. The van der Waals surface area contributed by atoms with E-state index in [4.69, 9.17) is 17.3 Å². The van der Waals surface area contributed by atoms with Gasteiger partial charge in [0, 0.05) is 23.9 Å². The summed E-state index contributed by atoms with van der Waals surface area (Å²) in [6.07, 6.45) is 0.411. The van der Waals surface area contributed by atoms with Gasteiger partial charge in [-0.25, -0.2) is 4.39 Å². The number of rotatable bonds is 1. The zero-order chi connectivity index (χ0) is 11.9. The number of nitrogen functional groups attached to an aromatic ring is 1. The molecule has 2 rings (SSSR count).